The van der Waals surface area contributed by atoms with Gasteiger partial charge in [0, 0.05) is 19.8 Å². The Kier molecular flexibility index (Phi) is 4.51. The van der Waals surface area contributed by atoms with Gasteiger partial charge in [-0.1, -0.05) is 27.7 Å². The molecule has 1 amide bonds. The molecule has 2 saturated heterocycles. The molecule has 4 heteroatoms. The molecule has 0 aromatic rings. The van der Waals surface area contributed by atoms with Crippen LogP contribution in [0.25, 0.3) is 0 Å². The van der Waals surface area contributed by atoms with Crippen molar-refractivity contribution in [1.82, 2.24) is 10.2 Å². The molecular weight excluding hydrogens is 240 g/mol. The minimum Gasteiger partial charge on any atom is -0.381 e. The van der Waals surface area contributed by atoms with E-state index in [1.165, 1.54) is 0 Å². The Morgan fingerprint density at radius 3 is 2.58 bits per heavy atom. The van der Waals surface area contributed by atoms with E-state index in [0.29, 0.717) is 5.92 Å². The molecule has 4 nitrogen and oxygen atoms in total. The van der Waals surface area contributed by atoms with E-state index in [4.69, 9.17) is 4.74 Å². The zero-order valence-corrected chi connectivity index (χ0v) is 12.7. The average Bonchev–Trinajstić information content (AvgIpc) is 2.67. The fourth-order valence-corrected chi connectivity index (χ4v) is 3.16. The van der Waals surface area contributed by atoms with Crippen molar-refractivity contribution in [3.8, 4) is 0 Å². The molecule has 0 spiro atoms. The molecule has 2 heterocycles. The van der Waals surface area contributed by atoms with Gasteiger partial charge in [-0.25, -0.2) is 0 Å². The summed E-state index contributed by atoms with van der Waals surface area (Å²) in [5, 5.41) is 3.49. The number of amides is 1. The van der Waals surface area contributed by atoms with Gasteiger partial charge >= 0.3 is 0 Å². The smallest absolute Gasteiger partial charge is 0.241 e. The van der Waals surface area contributed by atoms with Crippen molar-refractivity contribution in [2.45, 2.75) is 59.2 Å². The van der Waals surface area contributed by atoms with Crippen LogP contribution in [-0.2, 0) is 9.53 Å². The summed E-state index contributed by atoms with van der Waals surface area (Å²) in [6, 6.07) is 0.0100. The van der Waals surface area contributed by atoms with E-state index in [1.807, 2.05) is 0 Å². The van der Waals surface area contributed by atoms with Crippen molar-refractivity contribution in [3.05, 3.63) is 0 Å². The number of carbonyl (C=O) groups excluding carboxylic acids is 1. The Hall–Kier alpha value is -0.610. The van der Waals surface area contributed by atoms with Gasteiger partial charge in [-0.15, -0.1) is 0 Å². The van der Waals surface area contributed by atoms with E-state index in [0.717, 1.165) is 39.0 Å². The van der Waals surface area contributed by atoms with E-state index < -0.39 is 0 Å². The second-order valence-electron chi connectivity index (χ2n) is 6.71. The van der Waals surface area contributed by atoms with E-state index in [1.54, 1.807) is 0 Å². The van der Waals surface area contributed by atoms with Crippen LogP contribution in [0.4, 0.5) is 0 Å². The van der Waals surface area contributed by atoms with Crippen molar-refractivity contribution < 1.29 is 9.53 Å². The Morgan fingerprint density at radius 2 is 2.05 bits per heavy atom. The summed E-state index contributed by atoms with van der Waals surface area (Å²) in [4.78, 5) is 14.6. The van der Waals surface area contributed by atoms with Crippen molar-refractivity contribution in [2.75, 3.05) is 19.8 Å². The Bertz CT molecular complexity index is 324. The molecule has 1 N–H and O–H groups in total. The van der Waals surface area contributed by atoms with Crippen LogP contribution in [0.3, 0.4) is 0 Å². The lowest BCUT2D eigenvalue weighted by atomic mass is 9.81. The van der Waals surface area contributed by atoms with Crippen LogP contribution in [-0.4, -0.2) is 42.8 Å². The zero-order chi connectivity index (χ0) is 14.0. The average molecular weight is 268 g/mol. The third-order valence-corrected chi connectivity index (χ3v) is 4.58. The van der Waals surface area contributed by atoms with Crippen LogP contribution in [0.1, 0.15) is 47.0 Å². The molecule has 0 aromatic carbocycles. The van der Waals surface area contributed by atoms with Gasteiger partial charge < -0.3 is 9.64 Å². The SMILES string of the molecule is CCC1NC(C(C)C)N(CC2(C)CCOCC2)C1=O. The van der Waals surface area contributed by atoms with Crippen molar-refractivity contribution in [3.63, 3.8) is 0 Å². The zero-order valence-electron chi connectivity index (χ0n) is 12.7. The summed E-state index contributed by atoms with van der Waals surface area (Å²) in [5.41, 5.74) is 0.214. The highest BCUT2D eigenvalue weighted by atomic mass is 16.5. The van der Waals surface area contributed by atoms with Gasteiger partial charge in [0.05, 0.1) is 12.2 Å². The first-order valence-electron chi connectivity index (χ1n) is 7.61. The van der Waals surface area contributed by atoms with Crippen LogP contribution in [0.2, 0.25) is 0 Å². The fraction of sp³-hybridized carbons (Fsp3) is 0.933. The van der Waals surface area contributed by atoms with Gasteiger partial charge in [0.1, 0.15) is 0 Å². The number of rotatable bonds is 4. The number of hydrogen-bond donors (Lipinski definition) is 1. The summed E-state index contributed by atoms with van der Waals surface area (Å²) < 4.78 is 5.45. The standard InChI is InChI=1S/C15H28N2O2/c1-5-12-14(18)17(13(16-12)11(2)3)10-15(4)6-8-19-9-7-15/h11-13,16H,5-10H2,1-4H3. The van der Waals surface area contributed by atoms with Crippen molar-refractivity contribution in [2.24, 2.45) is 11.3 Å². The quantitative estimate of drug-likeness (QED) is 0.848. The van der Waals surface area contributed by atoms with Crippen LogP contribution in [0.15, 0.2) is 0 Å². The topological polar surface area (TPSA) is 41.6 Å². The molecule has 0 saturated carbocycles. The van der Waals surface area contributed by atoms with Crippen molar-refractivity contribution >= 4 is 5.91 Å². The number of nitrogens with one attached hydrogen (secondary N) is 1. The molecule has 2 unspecified atom stereocenters. The second-order valence-corrected chi connectivity index (χ2v) is 6.71. The van der Waals surface area contributed by atoms with Gasteiger partial charge in [-0.2, -0.15) is 0 Å². The van der Waals surface area contributed by atoms with E-state index >= 15 is 0 Å². The molecule has 19 heavy (non-hydrogen) atoms. The maximum atomic E-state index is 12.5. The predicted molar refractivity (Wildman–Crippen MR) is 75.7 cm³/mol. The van der Waals surface area contributed by atoms with Gasteiger partial charge in [-0.3, -0.25) is 10.1 Å². The number of hydrogen-bond acceptors (Lipinski definition) is 3. The lowest BCUT2D eigenvalue weighted by molar-refractivity contribution is -0.133. The molecule has 2 fully saturated rings. The number of nitrogens with zero attached hydrogens (tertiary/aromatic N) is 1. The first-order valence-corrected chi connectivity index (χ1v) is 7.61. The van der Waals surface area contributed by atoms with Crippen molar-refractivity contribution in [1.29, 1.82) is 0 Å². The molecule has 0 aromatic heterocycles. The molecule has 0 radical (unpaired) electrons. The molecule has 0 aliphatic carbocycles. The van der Waals surface area contributed by atoms with Crippen LogP contribution in [0.5, 0.6) is 0 Å². The van der Waals surface area contributed by atoms with Crippen LogP contribution >= 0.6 is 0 Å². The third-order valence-electron chi connectivity index (χ3n) is 4.58. The molecule has 0 bridgehead atoms. The highest BCUT2D eigenvalue weighted by Gasteiger charge is 2.42. The van der Waals surface area contributed by atoms with E-state index in [-0.39, 0.29) is 23.5 Å². The summed E-state index contributed by atoms with van der Waals surface area (Å²) in [6.45, 7) is 11.3. The fourth-order valence-electron chi connectivity index (χ4n) is 3.16. The molecule has 110 valence electrons. The molecule has 2 aliphatic heterocycles. The maximum Gasteiger partial charge on any atom is 0.241 e. The lowest BCUT2D eigenvalue weighted by Crippen LogP contribution is -2.47. The minimum absolute atomic E-state index is 0.0100. The van der Waals surface area contributed by atoms with Gasteiger partial charge in [-0.05, 0) is 30.6 Å². The highest BCUT2D eigenvalue weighted by Crippen LogP contribution is 2.33. The van der Waals surface area contributed by atoms with Crippen LogP contribution in [0, 0.1) is 11.3 Å². The normalized spacial score (nSPS) is 31.2. The summed E-state index contributed by atoms with van der Waals surface area (Å²) >= 11 is 0. The van der Waals surface area contributed by atoms with E-state index in [2.05, 4.69) is 37.9 Å². The molecule has 2 rings (SSSR count). The summed E-state index contributed by atoms with van der Waals surface area (Å²) in [6.07, 6.45) is 3.17. The second kappa shape index (κ2) is 5.80. The van der Waals surface area contributed by atoms with E-state index in [9.17, 15) is 4.79 Å². The Labute approximate surface area is 116 Å². The Morgan fingerprint density at radius 1 is 1.42 bits per heavy atom. The highest BCUT2D eigenvalue weighted by molar-refractivity contribution is 5.84. The first kappa shape index (κ1) is 14.8. The monoisotopic (exact) mass is 268 g/mol. The van der Waals surface area contributed by atoms with Gasteiger partial charge in [0.2, 0.25) is 5.91 Å². The summed E-state index contributed by atoms with van der Waals surface area (Å²) in [7, 11) is 0. The summed E-state index contributed by atoms with van der Waals surface area (Å²) in [5.74, 6) is 0.734. The molecule has 2 aliphatic rings. The predicted octanol–water partition coefficient (Wildman–Crippen LogP) is 2.00. The first-order chi connectivity index (χ1) is 8.97. The molecular formula is C15H28N2O2. The third kappa shape index (κ3) is 3.11. The largest absolute Gasteiger partial charge is 0.381 e. The lowest BCUT2D eigenvalue weighted by Gasteiger charge is -2.39. The van der Waals surface area contributed by atoms with Gasteiger partial charge in [0.15, 0.2) is 0 Å². The Balaban J connectivity index is 2.09. The number of ether oxygens (including phenoxy) is 1. The van der Waals surface area contributed by atoms with Crippen LogP contribution < -0.4 is 5.32 Å². The maximum absolute atomic E-state index is 12.5. The molecule has 2 atom stereocenters. The van der Waals surface area contributed by atoms with Gasteiger partial charge in [0.25, 0.3) is 0 Å². The number of carbonyl (C=O) groups is 1. The minimum atomic E-state index is 0.0100.